The van der Waals surface area contributed by atoms with Gasteiger partial charge < -0.3 is 5.11 Å². The predicted molar refractivity (Wildman–Crippen MR) is 74.4 cm³/mol. The van der Waals surface area contributed by atoms with Crippen LogP contribution in [0.25, 0.3) is 16.9 Å². The van der Waals surface area contributed by atoms with Gasteiger partial charge in [-0.1, -0.05) is 23.5 Å². The number of nitrogens with zero attached hydrogens (tertiary/aromatic N) is 5. The van der Waals surface area contributed by atoms with Crippen molar-refractivity contribution in [3.8, 4) is 16.9 Å². The van der Waals surface area contributed by atoms with E-state index in [2.05, 4.69) is 15.5 Å². The van der Waals surface area contributed by atoms with E-state index in [9.17, 15) is 9.59 Å². The molecule has 0 aliphatic heterocycles. The first-order valence-corrected chi connectivity index (χ1v) is 6.77. The SMILES string of the molecule is O=C(O)Cn1c(-c2cccc(-n3cnnn3)c2)csc1=O. The fourth-order valence-electron chi connectivity index (χ4n) is 1.93. The van der Waals surface area contributed by atoms with Crippen LogP contribution in [0, 0.1) is 0 Å². The van der Waals surface area contributed by atoms with Gasteiger partial charge in [-0.05, 0) is 22.6 Å². The maximum atomic E-state index is 11.7. The van der Waals surface area contributed by atoms with Crippen molar-refractivity contribution in [3.05, 3.63) is 45.6 Å². The molecule has 106 valence electrons. The topological polar surface area (TPSA) is 103 Å². The van der Waals surface area contributed by atoms with E-state index >= 15 is 0 Å². The first-order valence-electron chi connectivity index (χ1n) is 5.89. The Labute approximate surface area is 121 Å². The number of hydrogen-bond acceptors (Lipinski definition) is 6. The standard InChI is InChI=1S/C12H9N5O3S/c18-11(19)5-16-10(6-21-12(16)20)8-2-1-3-9(4-8)17-7-13-14-15-17/h1-4,6-7H,5H2,(H,18,19). The number of tetrazole rings is 1. The van der Waals surface area contributed by atoms with E-state index in [1.807, 2.05) is 6.07 Å². The molecule has 1 N–H and O–H groups in total. The van der Waals surface area contributed by atoms with Crippen LogP contribution in [-0.4, -0.2) is 35.9 Å². The lowest BCUT2D eigenvalue weighted by molar-refractivity contribution is -0.137. The number of carbonyl (C=O) groups is 1. The summed E-state index contributed by atoms with van der Waals surface area (Å²) in [7, 11) is 0. The fourth-order valence-corrected chi connectivity index (χ4v) is 2.69. The summed E-state index contributed by atoms with van der Waals surface area (Å²) >= 11 is 0.968. The lowest BCUT2D eigenvalue weighted by Gasteiger charge is -2.07. The molecule has 0 saturated carbocycles. The largest absolute Gasteiger partial charge is 0.480 e. The number of aliphatic carboxylic acids is 1. The van der Waals surface area contributed by atoms with Crippen LogP contribution < -0.4 is 4.87 Å². The van der Waals surface area contributed by atoms with Crippen LogP contribution in [0.3, 0.4) is 0 Å². The molecule has 0 aliphatic rings. The van der Waals surface area contributed by atoms with Crippen molar-refractivity contribution in [2.75, 3.05) is 0 Å². The summed E-state index contributed by atoms with van der Waals surface area (Å²) in [6, 6.07) is 7.19. The summed E-state index contributed by atoms with van der Waals surface area (Å²) in [5.74, 6) is -1.06. The van der Waals surface area contributed by atoms with Crippen LogP contribution in [0.4, 0.5) is 0 Å². The quantitative estimate of drug-likeness (QED) is 0.758. The van der Waals surface area contributed by atoms with Crippen molar-refractivity contribution < 1.29 is 9.90 Å². The Kier molecular flexibility index (Phi) is 3.32. The van der Waals surface area contributed by atoms with Gasteiger partial charge in [0.1, 0.15) is 12.9 Å². The molecule has 2 heterocycles. The van der Waals surface area contributed by atoms with E-state index in [-0.39, 0.29) is 11.4 Å². The third kappa shape index (κ3) is 2.58. The highest BCUT2D eigenvalue weighted by atomic mass is 32.1. The molecule has 0 unspecified atom stereocenters. The van der Waals surface area contributed by atoms with E-state index in [0.717, 1.165) is 22.6 Å². The van der Waals surface area contributed by atoms with Crippen molar-refractivity contribution in [1.82, 2.24) is 24.8 Å². The molecule has 0 aliphatic carbocycles. The van der Waals surface area contributed by atoms with Crippen molar-refractivity contribution in [3.63, 3.8) is 0 Å². The highest BCUT2D eigenvalue weighted by Crippen LogP contribution is 2.22. The van der Waals surface area contributed by atoms with Gasteiger partial charge in [0.2, 0.25) is 0 Å². The Balaban J connectivity index is 2.07. The molecule has 9 heteroatoms. The number of aromatic nitrogens is 5. The van der Waals surface area contributed by atoms with E-state index in [0.29, 0.717) is 5.69 Å². The fraction of sp³-hybridized carbons (Fsp3) is 0.0833. The van der Waals surface area contributed by atoms with Crippen LogP contribution in [0.15, 0.2) is 40.8 Å². The van der Waals surface area contributed by atoms with Gasteiger partial charge in [-0.3, -0.25) is 14.2 Å². The molecule has 0 saturated heterocycles. The van der Waals surface area contributed by atoms with Gasteiger partial charge in [-0.2, -0.15) is 0 Å². The molecule has 21 heavy (non-hydrogen) atoms. The molecule has 0 atom stereocenters. The van der Waals surface area contributed by atoms with Crippen molar-refractivity contribution in [2.45, 2.75) is 6.54 Å². The Hall–Kier alpha value is -2.81. The zero-order valence-electron chi connectivity index (χ0n) is 10.6. The second-order valence-corrected chi connectivity index (χ2v) is 4.99. The maximum Gasteiger partial charge on any atom is 0.323 e. The molecule has 0 radical (unpaired) electrons. The summed E-state index contributed by atoms with van der Waals surface area (Å²) in [6.45, 7) is -0.368. The molecular weight excluding hydrogens is 294 g/mol. The van der Waals surface area contributed by atoms with Gasteiger partial charge in [0.15, 0.2) is 0 Å². The van der Waals surface area contributed by atoms with Gasteiger partial charge >= 0.3 is 10.8 Å². The maximum absolute atomic E-state index is 11.7. The molecule has 0 bridgehead atoms. The molecule has 1 aromatic carbocycles. The Morgan fingerprint density at radius 3 is 2.95 bits per heavy atom. The van der Waals surface area contributed by atoms with E-state index in [1.54, 1.807) is 23.6 Å². The normalized spacial score (nSPS) is 10.7. The first-order chi connectivity index (χ1) is 10.1. The minimum atomic E-state index is -1.06. The minimum Gasteiger partial charge on any atom is -0.480 e. The van der Waals surface area contributed by atoms with Crippen molar-refractivity contribution in [1.29, 1.82) is 0 Å². The summed E-state index contributed by atoms with van der Waals surface area (Å²) in [5.41, 5.74) is 2.00. The van der Waals surface area contributed by atoms with Gasteiger partial charge in [0, 0.05) is 10.9 Å². The van der Waals surface area contributed by atoms with E-state index in [1.165, 1.54) is 15.6 Å². The Bertz CT molecular complexity index is 837. The first kappa shape index (κ1) is 13.2. The zero-order valence-corrected chi connectivity index (χ0v) is 11.4. The summed E-state index contributed by atoms with van der Waals surface area (Å²) < 4.78 is 2.71. The number of carboxylic acids is 1. The smallest absolute Gasteiger partial charge is 0.323 e. The van der Waals surface area contributed by atoms with Crippen LogP contribution in [0.2, 0.25) is 0 Å². The summed E-state index contributed by atoms with van der Waals surface area (Å²) in [5, 5.41) is 21.5. The van der Waals surface area contributed by atoms with E-state index < -0.39 is 5.97 Å². The summed E-state index contributed by atoms with van der Waals surface area (Å²) in [6.07, 6.45) is 1.46. The van der Waals surface area contributed by atoms with Gasteiger partial charge in [0.05, 0.1) is 11.4 Å². The average molecular weight is 303 g/mol. The monoisotopic (exact) mass is 303 g/mol. The molecule has 0 amide bonds. The number of rotatable bonds is 4. The van der Waals surface area contributed by atoms with Crippen LogP contribution in [-0.2, 0) is 11.3 Å². The Morgan fingerprint density at radius 2 is 2.24 bits per heavy atom. The van der Waals surface area contributed by atoms with Gasteiger partial charge in [-0.25, -0.2) is 4.68 Å². The van der Waals surface area contributed by atoms with Crippen LogP contribution in [0.5, 0.6) is 0 Å². The predicted octanol–water partition coefficient (Wildman–Crippen LogP) is 0.637. The molecule has 3 aromatic rings. The molecular formula is C12H9N5O3S. The molecule has 8 nitrogen and oxygen atoms in total. The van der Waals surface area contributed by atoms with Crippen LogP contribution >= 0.6 is 11.3 Å². The van der Waals surface area contributed by atoms with Gasteiger partial charge in [0.25, 0.3) is 0 Å². The number of hydrogen-bond donors (Lipinski definition) is 1. The Morgan fingerprint density at radius 1 is 1.38 bits per heavy atom. The summed E-state index contributed by atoms with van der Waals surface area (Å²) in [4.78, 5) is 22.3. The average Bonchev–Trinajstić information content (AvgIpc) is 3.10. The number of carboxylic acid groups (broad SMARTS) is 1. The van der Waals surface area contributed by atoms with E-state index in [4.69, 9.17) is 5.11 Å². The second kappa shape index (κ2) is 5.29. The third-order valence-electron chi connectivity index (χ3n) is 2.83. The lowest BCUT2D eigenvalue weighted by Crippen LogP contribution is -2.19. The number of thiazole rings is 1. The molecule has 3 rings (SSSR count). The minimum absolute atomic E-state index is 0.305. The third-order valence-corrected chi connectivity index (χ3v) is 3.59. The van der Waals surface area contributed by atoms with Gasteiger partial charge in [-0.15, -0.1) is 5.10 Å². The van der Waals surface area contributed by atoms with Crippen molar-refractivity contribution >= 4 is 17.3 Å². The molecule has 0 spiro atoms. The van der Waals surface area contributed by atoms with Crippen molar-refractivity contribution in [2.24, 2.45) is 0 Å². The zero-order chi connectivity index (χ0) is 14.8. The highest BCUT2D eigenvalue weighted by molar-refractivity contribution is 7.07. The second-order valence-electron chi connectivity index (χ2n) is 4.17. The molecule has 2 aromatic heterocycles. The lowest BCUT2D eigenvalue weighted by atomic mass is 10.1. The number of benzene rings is 1. The molecule has 0 fully saturated rings. The highest BCUT2D eigenvalue weighted by Gasteiger charge is 2.12. The van der Waals surface area contributed by atoms with Crippen LogP contribution in [0.1, 0.15) is 0 Å².